The molecule has 3 N–H and O–H groups in total. The van der Waals surface area contributed by atoms with Gasteiger partial charge in [0.05, 0.1) is 11.6 Å². The van der Waals surface area contributed by atoms with Crippen LogP contribution in [0.3, 0.4) is 0 Å². The SMILES string of the molecule is O=C(NC1CC(C(=O)O)C1)c1cc(-c2ccc(Br)cc2)n[nH]1. The maximum Gasteiger partial charge on any atom is 0.306 e. The first-order chi connectivity index (χ1) is 10.5. The van der Waals surface area contributed by atoms with Crippen molar-refractivity contribution in [1.82, 2.24) is 15.5 Å². The predicted molar refractivity (Wildman–Crippen MR) is 83.3 cm³/mol. The number of carboxylic acid groups (broad SMARTS) is 1. The van der Waals surface area contributed by atoms with Crippen LogP contribution >= 0.6 is 15.9 Å². The van der Waals surface area contributed by atoms with Crippen molar-refractivity contribution in [3.63, 3.8) is 0 Å². The molecule has 3 rings (SSSR count). The molecule has 1 aromatic heterocycles. The molecule has 1 amide bonds. The fraction of sp³-hybridized carbons (Fsp3) is 0.267. The van der Waals surface area contributed by atoms with Crippen molar-refractivity contribution in [2.24, 2.45) is 5.92 Å². The first kappa shape index (κ1) is 14.8. The molecule has 0 atom stereocenters. The van der Waals surface area contributed by atoms with Crippen LogP contribution in [0.4, 0.5) is 0 Å². The molecule has 7 heteroatoms. The van der Waals surface area contributed by atoms with E-state index in [9.17, 15) is 9.59 Å². The first-order valence-electron chi connectivity index (χ1n) is 6.88. The smallest absolute Gasteiger partial charge is 0.306 e. The standard InChI is InChI=1S/C15H14BrN3O3/c16-10-3-1-8(2-4-10)12-7-13(19-18-12)14(20)17-11-5-9(6-11)15(21)22/h1-4,7,9,11H,5-6H2,(H,17,20)(H,18,19)(H,21,22). The summed E-state index contributed by atoms with van der Waals surface area (Å²) < 4.78 is 0.975. The zero-order valence-corrected chi connectivity index (χ0v) is 13.1. The van der Waals surface area contributed by atoms with Crippen LogP contribution in [-0.4, -0.2) is 33.2 Å². The molecule has 1 saturated carbocycles. The van der Waals surface area contributed by atoms with Crippen LogP contribution in [0.5, 0.6) is 0 Å². The van der Waals surface area contributed by atoms with E-state index >= 15 is 0 Å². The number of carbonyl (C=O) groups excluding carboxylic acids is 1. The van der Waals surface area contributed by atoms with E-state index in [0.29, 0.717) is 24.2 Å². The van der Waals surface area contributed by atoms with Gasteiger partial charge in [-0.25, -0.2) is 0 Å². The Morgan fingerprint density at radius 2 is 1.95 bits per heavy atom. The van der Waals surface area contributed by atoms with Gasteiger partial charge in [-0.2, -0.15) is 5.10 Å². The van der Waals surface area contributed by atoms with E-state index in [4.69, 9.17) is 5.11 Å². The summed E-state index contributed by atoms with van der Waals surface area (Å²) in [6.45, 7) is 0. The van der Waals surface area contributed by atoms with E-state index in [2.05, 4.69) is 31.4 Å². The lowest BCUT2D eigenvalue weighted by Crippen LogP contribution is -2.46. The maximum absolute atomic E-state index is 12.1. The Kier molecular flexibility index (Phi) is 3.98. The number of carbonyl (C=O) groups is 2. The van der Waals surface area contributed by atoms with Gasteiger partial charge in [-0.1, -0.05) is 28.1 Å². The maximum atomic E-state index is 12.1. The Bertz CT molecular complexity index is 705. The third-order valence-corrected chi connectivity index (χ3v) is 4.31. The van der Waals surface area contributed by atoms with Crippen LogP contribution in [0.1, 0.15) is 23.3 Å². The largest absolute Gasteiger partial charge is 0.481 e. The number of rotatable bonds is 4. The summed E-state index contributed by atoms with van der Waals surface area (Å²) in [5.41, 5.74) is 1.97. The van der Waals surface area contributed by atoms with E-state index < -0.39 is 5.97 Å². The molecule has 0 aliphatic heterocycles. The Morgan fingerprint density at radius 3 is 2.59 bits per heavy atom. The van der Waals surface area contributed by atoms with Gasteiger partial charge in [-0.05, 0) is 31.0 Å². The third-order valence-electron chi connectivity index (χ3n) is 3.79. The minimum Gasteiger partial charge on any atom is -0.481 e. The number of hydrogen-bond donors (Lipinski definition) is 3. The summed E-state index contributed by atoms with van der Waals surface area (Å²) in [7, 11) is 0. The van der Waals surface area contributed by atoms with Crippen molar-refractivity contribution in [2.75, 3.05) is 0 Å². The molecule has 0 spiro atoms. The summed E-state index contributed by atoms with van der Waals surface area (Å²) in [6, 6.07) is 9.24. The highest BCUT2D eigenvalue weighted by Crippen LogP contribution is 2.27. The van der Waals surface area contributed by atoms with Gasteiger partial charge in [0.25, 0.3) is 5.91 Å². The molecule has 0 radical (unpaired) electrons. The summed E-state index contributed by atoms with van der Waals surface area (Å²) in [5, 5.41) is 18.5. The van der Waals surface area contributed by atoms with Gasteiger partial charge >= 0.3 is 5.97 Å². The van der Waals surface area contributed by atoms with Crippen LogP contribution < -0.4 is 5.32 Å². The number of aromatic amines is 1. The molecule has 22 heavy (non-hydrogen) atoms. The summed E-state index contributed by atoms with van der Waals surface area (Å²) in [6.07, 6.45) is 0.962. The second kappa shape index (κ2) is 5.92. The number of aliphatic carboxylic acids is 1. The van der Waals surface area contributed by atoms with Crippen molar-refractivity contribution < 1.29 is 14.7 Å². The zero-order valence-electron chi connectivity index (χ0n) is 11.5. The number of nitrogens with one attached hydrogen (secondary N) is 2. The fourth-order valence-corrected chi connectivity index (χ4v) is 2.67. The fourth-order valence-electron chi connectivity index (χ4n) is 2.41. The summed E-state index contributed by atoms with van der Waals surface area (Å²) in [5.74, 6) is -1.40. The molecule has 2 aromatic rings. The second-order valence-electron chi connectivity index (χ2n) is 5.35. The lowest BCUT2D eigenvalue weighted by atomic mass is 9.80. The van der Waals surface area contributed by atoms with Gasteiger partial charge in [0.1, 0.15) is 5.69 Å². The highest BCUT2D eigenvalue weighted by atomic mass is 79.9. The van der Waals surface area contributed by atoms with Gasteiger partial charge in [0, 0.05) is 16.1 Å². The van der Waals surface area contributed by atoms with Crippen LogP contribution in [0.25, 0.3) is 11.3 Å². The predicted octanol–water partition coefficient (Wildman–Crippen LogP) is 2.43. The number of benzene rings is 1. The minimum absolute atomic E-state index is 0.0759. The third kappa shape index (κ3) is 3.04. The van der Waals surface area contributed by atoms with Crippen molar-refractivity contribution >= 4 is 27.8 Å². The number of H-pyrrole nitrogens is 1. The number of halogens is 1. The normalized spacial score (nSPS) is 20.2. The lowest BCUT2D eigenvalue weighted by Gasteiger charge is -2.32. The monoisotopic (exact) mass is 363 g/mol. The van der Waals surface area contributed by atoms with Crippen LogP contribution in [0.2, 0.25) is 0 Å². The molecule has 1 fully saturated rings. The number of nitrogens with zero attached hydrogens (tertiary/aromatic N) is 1. The molecular formula is C15H14BrN3O3. The van der Waals surface area contributed by atoms with Gasteiger partial charge < -0.3 is 10.4 Å². The molecule has 114 valence electrons. The van der Waals surface area contributed by atoms with Crippen molar-refractivity contribution in [3.05, 3.63) is 40.5 Å². The van der Waals surface area contributed by atoms with Crippen LogP contribution in [0.15, 0.2) is 34.8 Å². The van der Waals surface area contributed by atoms with Gasteiger partial charge in [-0.3, -0.25) is 14.7 Å². The van der Waals surface area contributed by atoms with Crippen LogP contribution in [0, 0.1) is 5.92 Å². The molecule has 0 saturated heterocycles. The first-order valence-corrected chi connectivity index (χ1v) is 7.67. The average Bonchev–Trinajstić information content (AvgIpc) is 2.92. The Hall–Kier alpha value is -2.15. The Balaban J connectivity index is 1.63. The molecule has 1 heterocycles. The van der Waals surface area contributed by atoms with E-state index in [0.717, 1.165) is 10.0 Å². The van der Waals surface area contributed by atoms with Gasteiger partial charge in [-0.15, -0.1) is 0 Å². The highest BCUT2D eigenvalue weighted by molar-refractivity contribution is 9.10. The Labute approximate surface area is 135 Å². The summed E-state index contributed by atoms with van der Waals surface area (Å²) >= 11 is 3.37. The molecule has 1 aromatic carbocycles. The van der Waals surface area contributed by atoms with E-state index in [-0.39, 0.29) is 17.9 Å². The quantitative estimate of drug-likeness (QED) is 0.777. The Morgan fingerprint density at radius 1 is 1.27 bits per heavy atom. The summed E-state index contributed by atoms with van der Waals surface area (Å²) in [4.78, 5) is 22.8. The number of amides is 1. The topological polar surface area (TPSA) is 95.1 Å². The molecule has 0 unspecified atom stereocenters. The minimum atomic E-state index is -0.801. The van der Waals surface area contributed by atoms with Crippen molar-refractivity contribution in [2.45, 2.75) is 18.9 Å². The van der Waals surface area contributed by atoms with Crippen LogP contribution in [-0.2, 0) is 4.79 Å². The van der Waals surface area contributed by atoms with E-state index in [1.807, 2.05) is 24.3 Å². The lowest BCUT2D eigenvalue weighted by molar-refractivity contribution is -0.145. The van der Waals surface area contributed by atoms with Gasteiger partial charge in [0.2, 0.25) is 0 Å². The number of carboxylic acids is 1. The number of hydrogen-bond acceptors (Lipinski definition) is 3. The molecule has 1 aliphatic rings. The highest BCUT2D eigenvalue weighted by Gasteiger charge is 2.35. The molecule has 6 nitrogen and oxygen atoms in total. The van der Waals surface area contributed by atoms with Gasteiger partial charge in [0.15, 0.2) is 0 Å². The number of aromatic nitrogens is 2. The van der Waals surface area contributed by atoms with E-state index in [1.165, 1.54) is 0 Å². The molecular weight excluding hydrogens is 350 g/mol. The zero-order chi connectivity index (χ0) is 15.7. The van der Waals surface area contributed by atoms with E-state index in [1.54, 1.807) is 6.07 Å². The molecule has 1 aliphatic carbocycles. The van der Waals surface area contributed by atoms with Crippen molar-refractivity contribution in [1.29, 1.82) is 0 Å². The molecule has 0 bridgehead atoms. The average molecular weight is 364 g/mol. The van der Waals surface area contributed by atoms with Crippen molar-refractivity contribution in [3.8, 4) is 11.3 Å². The second-order valence-corrected chi connectivity index (χ2v) is 6.27.